The molecule has 0 aromatic heterocycles. The Morgan fingerprint density at radius 2 is 1.03 bits per heavy atom. The molecule has 2 rings (SSSR count). The van der Waals surface area contributed by atoms with Crippen LogP contribution in [0, 0.1) is 0 Å². The quantitative estimate of drug-likeness (QED) is 0.376. The van der Waals surface area contributed by atoms with Crippen LogP contribution in [0.2, 0.25) is 0 Å². The Morgan fingerprint density at radius 3 is 1.40 bits per heavy atom. The van der Waals surface area contributed by atoms with Crippen molar-refractivity contribution in [2.24, 2.45) is 0 Å². The van der Waals surface area contributed by atoms with Gasteiger partial charge in [0.25, 0.3) is 0 Å². The minimum Gasteiger partial charge on any atom is -0.384 e. The van der Waals surface area contributed by atoms with Gasteiger partial charge < -0.3 is 20.1 Å². The van der Waals surface area contributed by atoms with Crippen molar-refractivity contribution in [1.82, 2.24) is 10.6 Å². The molecule has 0 fully saturated rings. The van der Waals surface area contributed by atoms with Crippen LogP contribution in [-0.4, -0.2) is 38.0 Å². The van der Waals surface area contributed by atoms with Gasteiger partial charge in [-0.3, -0.25) is 9.59 Å². The summed E-state index contributed by atoms with van der Waals surface area (Å²) in [4.78, 5) is 47.3. The molecule has 0 radical (unpaired) electrons. The molecule has 2 N–H and O–H groups in total. The molecule has 0 saturated carbocycles. The third-order valence-corrected chi connectivity index (χ3v) is 4.02. The van der Waals surface area contributed by atoms with Crippen LogP contribution in [-0.2, 0) is 54.6 Å². The second kappa shape index (κ2) is 11.6. The molecule has 158 valence electrons. The van der Waals surface area contributed by atoms with Crippen LogP contribution in [0.25, 0.3) is 0 Å². The van der Waals surface area contributed by atoms with Crippen molar-refractivity contribution in [2.75, 3.05) is 14.1 Å². The molecule has 8 nitrogen and oxygen atoms in total. The minimum atomic E-state index is -1.52. The molecular formula is C22H24N2O6. The molecule has 0 aliphatic carbocycles. The summed E-state index contributed by atoms with van der Waals surface area (Å²) in [7, 11) is 3.59. The van der Waals surface area contributed by atoms with Gasteiger partial charge in [0.1, 0.15) is 0 Å². The fraction of sp³-hybridized carbons (Fsp3) is 0.273. The first-order valence-electron chi connectivity index (χ1n) is 9.35. The van der Waals surface area contributed by atoms with E-state index in [1.165, 1.54) is 0 Å². The lowest BCUT2D eigenvalue weighted by Crippen LogP contribution is -2.27. The van der Waals surface area contributed by atoms with E-state index in [0.29, 0.717) is 24.2 Å². The number of nitrogens with one attached hydrogen (secondary N) is 2. The van der Waals surface area contributed by atoms with Crippen molar-refractivity contribution >= 4 is 23.9 Å². The molecule has 0 amide bonds. The SMILES string of the molecule is CNCc1cccc(CC(=O)OC(=O)C(=O)OC(=O)Cc2cccc(CNC)c2)c1. The first-order chi connectivity index (χ1) is 14.4. The van der Waals surface area contributed by atoms with Crippen molar-refractivity contribution in [3.05, 3.63) is 70.8 Å². The van der Waals surface area contributed by atoms with Crippen molar-refractivity contribution < 1.29 is 28.7 Å². The van der Waals surface area contributed by atoms with E-state index in [1.807, 2.05) is 12.1 Å². The van der Waals surface area contributed by atoms with Gasteiger partial charge in [-0.2, -0.15) is 0 Å². The van der Waals surface area contributed by atoms with Crippen LogP contribution in [0.5, 0.6) is 0 Å². The molecule has 2 aromatic carbocycles. The maximum atomic E-state index is 11.9. The standard InChI is InChI=1S/C22H24N2O6/c1-23-13-17-7-3-5-15(9-17)11-19(25)29-21(27)22(28)30-20(26)12-16-6-4-8-18(10-16)14-24-2/h3-10,23-24H,11-14H2,1-2H3. The van der Waals surface area contributed by atoms with E-state index < -0.39 is 23.9 Å². The monoisotopic (exact) mass is 412 g/mol. The topological polar surface area (TPSA) is 111 Å². The van der Waals surface area contributed by atoms with E-state index in [4.69, 9.17) is 0 Å². The molecule has 0 aliphatic rings. The molecule has 0 aliphatic heterocycles. The van der Waals surface area contributed by atoms with Crippen LogP contribution < -0.4 is 10.6 Å². The summed E-state index contributed by atoms with van der Waals surface area (Å²) < 4.78 is 8.98. The van der Waals surface area contributed by atoms with Crippen molar-refractivity contribution in [2.45, 2.75) is 25.9 Å². The van der Waals surface area contributed by atoms with Crippen LogP contribution in [0.3, 0.4) is 0 Å². The Kier molecular flexibility index (Phi) is 8.86. The van der Waals surface area contributed by atoms with E-state index in [-0.39, 0.29) is 12.8 Å². The molecule has 0 spiro atoms. The van der Waals surface area contributed by atoms with E-state index in [2.05, 4.69) is 20.1 Å². The van der Waals surface area contributed by atoms with Gasteiger partial charge in [0.2, 0.25) is 0 Å². The number of hydrogen-bond acceptors (Lipinski definition) is 8. The molecule has 30 heavy (non-hydrogen) atoms. The highest BCUT2D eigenvalue weighted by molar-refractivity contribution is 6.33. The highest BCUT2D eigenvalue weighted by atomic mass is 16.6. The molecular weight excluding hydrogens is 388 g/mol. The maximum absolute atomic E-state index is 11.9. The fourth-order valence-electron chi connectivity index (χ4n) is 2.80. The number of benzene rings is 2. The summed E-state index contributed by atoms with van der Waals surface area (Å²) in [5.74, 6) is -4.87. The summed E-state index contributed by atoms with van der Waals surface area (Å²) in [5, 5.41) is 5.98. The number of carbonyl (C=O) groups is 4. The van der Waals surface area contributed by atoms with Gasteiger partial charge >= 0.3 is 23.9 Å². The molecule has 0 atom stereocenters. The largest absolute Gasteiger partial charge is 0.425 e. The van der Waals surface area contributed by atoms with E-state index in [1.54, 1.807) is 50.5 Å². The number of esters is 4. The Balaban J connectivity index is 1.84. The van der Waals surface area contributed by atoms with Gasteiger partial charge in [0.15, 0.2) is 0 Å². The Morgan fingerprint density at radius 1 is 0.667 bits per heavy atom. The highest BCUT2D eigenvalue weighted by Crippen LogP contribution is 2.08. The predicted octanol–water partition coefficient (Wildman–Crippen LogP) is 1.05. The average molecular weight is 412 g/mol. The summed E-state index contributed by atoms with van der Waals surface area (Å²) in [6.07, 6.45) is -0.383. The lowest BCUT2D eigenvalue weighted by Gasteiger charge is -2.06. The number of rotatable bonds is 8. The smallest absolute Gasteiger partial charge is 0.384 e. The highest BCUT2D eigenvalue weighted by Gasteiger charge is 2.24. The van der Waals surface area contributed by atoms with Crippen molar-refractivity contribution in [3.63, 3.8) is 0 Å². The van der Waals surface area contributed by atoms with E-state index in [0.717, 1.165) is 11.1 Å². The first-order valence-corrected chi connectivity index (χ1v) is 9.35. The van der Waals surface area contributed by atoms with Crippen molar-refractivity contribution in [1.29, 1.82) is 0 Å². The van der Waals surface area contributed by atoms with Crippen LogP contribution in [0.15, 0.2) is 48.5 Å². The van der Waals surface area contributed by atoms with Gasteiger partial charge in [-0.25, -0.2) is 9.59 Å². The minimum absolute atomic E-state index is 0.192. The molecule has 0 bridgehead atoms. The van der Waals surface area contributed by atoms with Crippen molar-refractivity contribution in [3.8, 4) is 0 Å². The third-order valence-electron chi connectivity index (χ3n) is 4.02. The number of ether oxygens (including phenoxy) is 2. The number of carbonyl (C=O) groups excluding carboxylic acids is 4. The lowest BCUT2D eigenvalue weighted by molar-refractivity contribution is -0.177. The normalized spacial score (nSPS) is 10.3. The number of hydrogen-bond donors (Lipinski definition) is 2. The van der Waals surface area contributed by atoms with Gasteiger partial charge in [-0.1, -0.05) is 48.5 Å². The zero-order valence-electron chi connectivity index (χ0n) is 16.9. The first kappa shape index (κ1) is 22.9. The molecule has 0 saturated heterocycles. The summed E-state index contributed by atoms with van der Waals surface area (Å²) in [5.41, 5.74) is 3.17. The third kappa shape index (κ3) is 7.57. The Labute approximate surface area is 174 Å². The lowest BCUT2D eigenvalue weighted by atomic mass is 10.1. The average Bonchev–Trinajstić information content (AvgIpc) is 2.68. The van der Waals surface area contributed by atoms with Crippen LogP contribution in [0.1, 0.15) is 22.3 Å². The summed E-state index contributed by atoms with van der Waals surface area (Å²) in [6, 6.07) is 14.3. The van der Waals surface area contributed by atoms with Gasteiger partial charge in [-0.15, -0.1) is 0 Å². The summed E-state index contributed by atoms with van der Waals surface area (Å²) in [6.45, 7) is 1.24. The maximum Gasteiger partial charge on any atom is 0.425 e. The fourth-order valence-corrected chi connectivity index (χ4v) is 2.80. The second-order valence-electron chi connectivity index (χ2n) is 6.58. The second-order valence-corrected chi connectivity index (χ2v) is 6.58. The van der Waals surface area contributed by atoms with E-state index >= 15 is 0 Å². The molecule has 2 aromatic rings. The van der Waals surface area contributed by atoms with Gasteiger partial charge in [0, 0.05) is 13.1 Å². The predicted molar refractivity (Wildman–Crippen MR) is 108 cm³/mol. The van der Waals surface area contributed by atoms with Gasteiger partial charge in [-0.05, 0) is 36.3 Å². The van der Waals surface area contributed by atoms with Crippen LogP contribution in [0.4, 0.5) is 0 Å². The summed E-state index contributed by atoms with van der Waals surface area (Å²) >= 11 is 0. The zero-order chi connectivity index (χ0) is 21.9. The Hall–Kier alpha value is -3.36. The molecule has 8 heteroatoms. The molecule has 0 heterocycles. The van der Waals surface area contributed by atoms with Gasteiger partial charge in [0.05, 0.1) is 12.8 Å². The zero-order valence-corrected chi connectivity index (χ0v) is 16.9. The van der Waals surface area contributed by atoms with Crippen LogP contribution >= 0.6 is 0 Å². The molecule has 0 unspecified atom stereocenters. The van der Waals surface area contributed by atoms with E-state index in [9.17, 15) is 19.2 Å². The Bertz CT molecular complexity index is 850.